The maximum atomic E-state index is 13.3. The molecule has 0 spiro atoms. The minimum absolute atomic E-state index is 0.232. The largest absolute Gasteiger partial charge is 0.373 e. The Morgan fingerprint density at radius 2 is 2.33 bits per heavy atom. The molecule has 3 nitrogen and oxygen atoms in total. The summed E-state index contributed by atoms with van der Waals surface area (Å²) >= 11 is 1.82. The summed E-state index contributed by atoms with van der Waals surface area (Å²) in [7, 11) is 0. The van der Waals surface area contributed by atoms with Crippen molar-refractivity contribution in [2.24, 2.45) is 11.7 Å². The summed E-state index contributed by atoms with van der Waals surface area (Å²) in [4.78, 5) is 11.5. The van der Waals surface area contributed by atoms with Gasteiger partial charge in [0.2, 0.25) is 5.91 Å². The van der Waals surface area contributed by atoms with Crippen LogP contribution in [0.15, 0.2) is 18.2 Å². The molecule has 0 radical (unpaired) electrons. The summed E-state index contributed by atoms with van der Waals surface area (Å²) in [6, 6.07) is 4.25. The molecular formula is C13H17FN2OS. The van der Waals surface area contributed by atoms with E-state index >= 15 is 0 Å². The molecule has 0 saturated carbocycles. The number of benzene rings is 1. The molecule has 98 valence electrons. The van der Waals surface area contributed by atoms with Crippen LogP contribution in [0.2, 0.25) is 0 Å². The Morgan fingerprint density at radius 3 is 2.89 bits per heavy atom. The summed E-state index contributed by atoms with van der Waals surface area (Å²) in [5, 5.41) is 3.07. The standard InChI is InChI=1S/C13H17FN2OS/c1-8-4-10(14)6-11(5-8)16-12(13(15)17)9-2-3-18-7-9/h4-6,9,12,16H,2-3,7H2,1H3,(H2,15,17). The van der Waals surface area contributed by atoms with Gasteiger partial charge in [-0.15, -0.1) is 0 Å². The maximum Gasteiger partial charge on any atom is 0.240 e. The highest BCUT2D eigenvalue weighted by atomic mass is 32.2. The predicted octanol–water partition coefficient (Wildman–Crippen LogP) is 2.15. The molecule has 2 atom stereocenters. The second-order valence-electron chi connectivity index (χ2n) is 4.67. The van der Waals surface area contributed by atoms with E-state index in [1.165, 1.54) is 12.1 Å². The smallest absolute Gasteiger partial charge is 0.240 e. The highest BCUT2D eigenvalue weighted by Gasteiger charge is 2.29. The number of hydrogen-bond donors (Lipinski definition) is 2. The molecule has 1 aliphatic rings. The molecule has 1 aromatic rings. The number of anilines is 1. The normalized spacial score (nSPS) is 20.7. The van der Waals surface area contributed by atoms with Crippen LogP contribution in [-0.2, 0) is 4.79 Å². The lowest BCUT2D eigenvalue weighted by Crippen LogP contribution is -2.41. The first kappa shape index (κ1) is 13.2. The molecule has 18 heavy (non-hydrogen) atoms. The molecule has 1 aromatic carbocycles. The second kappa shape index (κ2) is 5.61. The quantitative estimate of drug-likeness (QED) is 0.879. The van der Waals surface area contributed by atoms with Crippen LogP contribution < -0.4 is 11.1 Å². The minimum atomic E-state index is -0.416. The monoisotopic (exact) mass is 268 g/mol. The Bertz CT molecular complexity index is 426. The zero-order valence-corrected chi connectivity index (χ0v) is 11.1. The molecule has 3 N–H and O–H groups in total. The van der Waals surface area contributed by atoms with E-state index in [0.717, 1.165) is 23.5 Å². The summed E-state index contributed by atoms with van der Waals surface area (Å²) in [5.74, 6) is 1.54. The fraction of sp³-hybridized carbons (Fsp3) is 0.462. The van der Waals surface area contributed by atoms with Gasteiger partial charge < -0.3 is 11.1 Å². The minimum Gasteiger partial charge on any atom is -0.373 e. The van der Waals surface area contributed by atoms with Crippen LogP contribution >= 0.6 is 11.8 Å². The van der Waals surface area contributed by atoms with Gasteiger partial charge in [-0.05, 0) is 54.5 Å². The Kier molecular flexibility index (Phi) is 4.11. The molecule has 1 saturated heterocycles. The number of thioether (sulfide) groups is 1. The average molecular weight is 268 g/mol. The summed E-state index contributed by atoms with van der Waals surface area (Å²) in [5.41, 5.74) is 6.88. The van der Waals surface area contributed by atoms with Gasteiger partial charge in [0.1, 0.15) is 11.9 Å². The Labute approximate surface area is 110 Å². The molecule has 5 heteroatoms. The number of halogens is 1. The van der Waals surface area contributed by atoms with Gasteiger partial charge in [-0.3, -0.25) is 4.79 Å². The van der Waals surface area contributed by atoms with E-state index < -0.39 is 6.04 Å². The number of hydrogen-bond acceptors (Lipinski definition) is 3. The average Bonchev–Trinajstić information content (AvgIpc) is 2.77. The van der Waals surface area contributed by atoms with Crippen molar-refractivity contribution in [3.05, 3.63) is 29.6 Å². The number of carbonyl (C=O) groups is 1. The van der Waals surface area contributed by atoms with Crippen molar-refractivity contribution in [3.8, 4) is 0 Å². The molecule has 1 aliphatic heterocycles. The van der Waals surface area contributed by atoms with E-state index in [-0.39, 0.29) is 17.6 Å². The molecule has 0 bridgehead atoms. The fourth-order valence-corrected chi connectivity index (χ4v) is 3.53. The van der Waals surface area contributed by atoms with E-state index in [9.17, 15) is 9.18 Å². The molecule has 2 rings (SSSR count). The second-order valence-corrected chi connectivity index (χ2v) is 5.82. The Morgan fingerprint density at radius 1 is 1.56 bits per heavy atom. The number of primary amides is 1. The maximum absolute atomic E-state index is 13.3. The third-order valence-corrected chi connectivity index (χ3v) is 4.30. The molecule has 2 unspecified atom stereocenters. The fourth-order valence-electron chi connectivity index (χ4n) is 2.24. The van der Waals surface area contributed by atoms with Crippen molar-refractivity contribution in [3.63, 3.8) is 0 Å². The van der Waals surface area contributed by atoms with E-state index in [2.05, 4.69) is 5.32 Å². The van der Waals surface area contributed by atoms with E-state index in [1.54, 1.807) is 0 Å². The lowest BCUT2D eigenvalue weighted by atomic mass is 9.98. The van der Waals surface area contributed by atoms with Crippen molar-refractivity contribution >= 4 is 23.4 Å². The van der Waals surface area contributed by atoms with Gasteiger partial charge >= 0.3 is 0 Å². The van der Waals surface area contributed by atoms with E-state index in [4.69, 9.17) is 5.73 Å². The van der Waals surface area contributed by atoms with Gasteiger partial charge in [0.15, 0.2) is 0 Å². The van der Waals surface area contributed by atoms with Gasteiger partial charge in [0.25, 0.3) is 0 Å². The molecule has 0 aromatic heterocycles. The molecule has 0 aliphatic carbocycles. The third-order valence-electron chi connectivity index (χ3n) is 3.11. The Balaban J connectivity index is 2.15. The van der Waals surface area contributed by atoms with Crippen molar-refractivity contribution in [2.45, 2.75) is 19.4 Å². The lowest BCUT2D eigenvalue weighted by Gasteiger charge is -2.22. The van der Waals surface area contributed by atoms with Gasteiger partial charge in [-0.1, -0.05) is 0 Å². The highest BCUT2D eigenvalue weighted by molar-refractivity contribution is 7.99. The highest BCUT2D eigenvalue weighted by Crippen LogP contribution is 2.28. The van der Waals surface area contributed by atoms with Crippen LogP contribution in [-0.4, -0.2) is 23.5 Å². The Hall–Kier alpha value is -1.23. The predicted molar refractivity (Wildman–Crippen MR) is 73.2 cm³/mol. The first-order chi connectivity index (χ1) is 8.56. The van der Waals surface area contributed by atoms with Crippen LogP contribution in [0.1, 0.15) is 12.0 Å². The number of nitrogens with two attached hydrogens (primary N) is 1. The number of rotatable bonds is 4. The zero-order valence-electron chi connectivity index (χ0n) is 10.3. The first-order valence-corrected chi connectivity index (χ1v) is 7.12. The SMILES string of the molecule is Cc1cc(F)cc(NC(C(N)=O)C2CCSC2)c1. The first-order valence-electron chi connectivity index (χ1n) is 5.97. The lowest BCUT2D eigenvalue weighted by molar-refractivity contribution is -0.119. The van der Waals surface area contributed by atoms with E-state index in [0.29, 0.717) is 5.69 Å². The number of nitrogens with one attached hydrogen (secondary N) is 1. The zero-order chi connectivity index (χ0) is 13.1. The van der Waals surface area contributed by atoms with Crippen LogP contribution in [0.25, 0.3) is 0 Å². The van der Waals surface area contributed by atoms with Crippen molar-refractivity contribution < 1.29 is 9.18 Å². The van der Waals surface area contributed by atoms with Gasteiger partial charge in [0.05, 0.1) is 0 Å². The summed E-state index contributed by atoms with van der Waals surface area (Å²) in [6.45, 7) is 1.82. The molecule has 1 heterocycles. The third kappa shape index (κ3) is 3.16. The molecular weight excluding hydrogens is 251 g/mol. The molecule has 1 fully saturated rings. The van der Waals surface area contributed by atoms with Crippen molar-refractivity contribution in [2.75, 3.05) is 16.8 Å². The van der Waals surface area contributed by atoms with Gasteiger partial charge in [-0.25, -0.2) is 4.39 Å². The van der Waals surface area contributed by atoms with Crippen LogP contribution in [0, 0.1) is 18.7 Å². The van der Waals surface area contributed by atoms with Crippen LogP contribution in [0.4, 0.5) is 10.1 Å². The van der Waals surface area contributed by atoms with Crippen LogP contribution in [0.3, 0.4) is 0 Å². The van der Waals surface area contributed by atoms with Gasteiger partial charge in [0, 0.05) is 5.69 Å². The number of amides is 1. The van der Waals surface area contributed by atoms with Crippen molar-refractivity contribution in [1.82, 2.24) is 0 Å². The van der Waals surface area contributed by atoms with Crippen molar-refractivity contribution in [1.29, 1.82) is 0 Å². The van der Waals surface area contributed by atoms with E-state index in [1.807, 2.05) is 24.8 Å². The summed E-state index contributed by atoms with van der Waals surface area (Å²) in [6.07, 6.45) is 0.972. The number of aryl methyl sites for hydroxylation is 1. The van der Waals surface area contributed by atoms with Gasteiger partial charge in [-0.2, -0.15) is 11.8 Å². The molecule has 1 amide bonds. The summed E-state index contributed by atoms with van der Waals surface area (Å²) < 4.78 is 13.3. The topological polar surface area (TPSA) is 55.1 Å². The van der Waals surface area contributed by atoms with Crippen LogP contribution in [0.5, 0.6) is 0 Å². The number of carbonyl (C=O) groups excluding carboxylic acids is 1.